The molecule has 3 heterocycles. The van der Waals surface area contributed by atoms with Crippen LogP contribution in [0.25, 0.3) is 33.6 Å². The molecule has 190 valence electrons. The van der Waals surface area contributed by atoms with E-state index in [4.69, 9.17) is 14.2 Å². The van der Waals surface area contributed by atoms with Gasteiger partial charge in [-0.1, -0.05) is 78.0 Å². The predicted molar refractivity (Wildman–Crippen MR) is 150 cm³/mol. The van der Waals surface area contributed by atoms with Gasteiger partial charge in [-0.25, -0.2) is 9.78 Å². The molecule has 7 rings (SSSR count). The highest BCUT2D eigenvalue weighted by atomic mass is 16.5. The van der Waals surface area contributed by atoms with Gasteiger partial charge in [0.15, 0.2) is 5.82 Å². The average molecular weight is 513 g/mol. The smallest absolute Gasteiger partial charge is 0.439 e. The third kappa shape index (κ3) is 4.05. The zero-order valence-electron chi connectivity index (χ0n) is 21.2. The first kappa shape index (κ1) is 23.0. The standard InChI is InChI=1S/C32H24N4O3/c1-20(30-34-32(37)39-35-30)29-24-16-15-21(17-23(24)19-38-28-14-8-5-11-25(28)29)18-36-27-13-7-6-12-26(27)33-31(36)22-9-3-2-4-10-22/h2-17H,18-19H2,1H3,(H,34,35,37)/b29-20+. The van der Waals surface area contributed by atoms with Crippen LogP contribution in [0.4, 0.5) is 0 Å². The molecule has 0 fully saturated rings. The zero-order chi connectivity index (χ0) is 26.3. The lowest BCUT2D eigenvalue weighted by Gasteiger charge is -2.15. The Morgan fingerprint density at radius 1 is 0.923 bits per heavy atom. The van der Waals surface area contributed by atoms with Crippen molar-refractivity contribution in [3.8, 4) is 17.1 Å². The Bertz CT molecular complexity index is 1930. The average Bonchev–Trinajstić information content (AvgIpc) is 3.53. The summed E-state index contributed by atoms with van der Waals surface area (Å²) in [4.78, 5) is 19.4. The van der Waals surface area contributed by atoms with E-state index in [1.165, 1.54) is 0 Å². The minimum absolute atomic E-state index is 0.402. The van der Waals surface area contributed by atoms with Crippen LogP contribution < -0.4 is 10.5 Å². The van der Waals surface area contributed by atoms with Crippen molar-refractivity contribution >= 4 is 22.2 Å². The quantitative estimate of drug-likeness (QED) is 0.300. The number of benzene rings is 4. The number of allylic oxidation sites excluding steroid dienone is 1. The van der Waals surface area contributed by atoms with Crippen molar-refractivity contribution in [2.24, 2.45) is 0 Å². The van der Waals surface area contributed by atoms with Crippen molar-refractivity contribution in [1.29, 1.82) is 0 Å². The number of nitrogens with one attached hydrogen (secondary N) is 1. The maximum absolute atomic E-state index is 11.7. The van der Waals surface area contributed by atoms with Crippen LogP contribution in [0.5, 0.6) is 5.75 Å². The van der Waals surface area contributed by atoms with Gasteiger partial charge in [0.05, 0.1) is 11.0 Å². The van der Waals surface area contributed by atoms with E-state index >= 15 is 0 Å². The maximum Gasteiger partial charge on any atom is 0.439 e. The molecule has 1 aliphatic heterocycles. The molecule has 39 heavy (non-hydrogen) atoms. The molecule has 0 radical (unpaired) electrons. The molecule has 0 atom stereocenters. The Balaban J connectivity index is 1.36. The van der Waals surface area contributed by atoms with Gasteiger partial charge in [0.1, 0.15) is 18.2 Å². The monoisotopic (exact) mass is 512 g/mol. The van der Waals surface area contributed by atoms with Crippen LogP contribution in [0.2, 0.25) is 0 Å². The highest BCUT2D eigenvalue weighted by Crippen LogP contribution is 2.40. The van der Waals surface area contributed by atoms with Gasteiger partial charge in [0.25, 0.3) is 0 Å². The topological polar surface area (TPSA) is 85.9 Å². The summed E-state index contributed by atoms with van der Waals surface area (Å²) in [6.07, 6.45) is 0. The second-order valence-electron chi connectivity index (χ2n) is 9.60. The first-order chi connectivity index (χ1) is 19.2. The van der Waals surface area contributed by atoms with Crippen LogP contribution in [0.3, 0.4) is 0 Å². The van der Waals surface area contributed by atoms with Gasteiger partial charge in [-0.2, -0.15) is 0 Å². The number of nitrogens with zero attached hydrogens (tertiary/aromatic N) is 3. The van der Waals surface area contributed by atoms with E-state index in [2.05, 4.69) is 57.2 Å². The Morgan fingerprint density at radius 3 is 2.56 bits per heavy atom. The second-order valence-corrected chi connectivity index (χ2v) is 9.60. The van der Waals surface area contributed by atoms with Crippen molar-refractivity contribution in [3.05, 3.63) is 136 Å². The molecule has 0 amide bonds. The number of H-pyrrole nitrogens is 1. The van der Waals surface area contributed by atoms with E-state index in [0.717, 1.165) is 61.6 Å². The van der Waals surface area contributed by atoms with Crippen LogP contribution in [0.15, 0.2) is 106 Å². The Hall–Kier alpha value is -5.17. The highest BCUT2D eigenvalue weighted by molar-refractivity contribution is 5.99. The summed E-state index contributed by atoms with van der Waals surface area (Å²) in [6, 6.07) is 32.9. The maximum atomic E-state index is 11.7. The molecule has 7 nitrogen and oxygen atoms in total. The molecule has 1 aliphatic rings. The van der Waals surface area contributed by atoms with E-state index in [-0.39, 0.29) is 0 Å². The summed E-state index contributed by atoms with van der Waals surface area (Å²) in [7, 11) is 0. The number of para-hydroxylation sites is 3. The van der Waals surface area contributed by atoms with Gasteiger partial charge < -0.3 is 9.30 Å². The van der Waals surface area contributed by atoms with Crippen molar-refractivity contribution < 1.29 is 9.26 Å². The van der Waals surface area contributed by atoms with E-state index in [0.29, 0.717) is 19.0 Å². The summed E-state index contributed by atoms with van der Waals surface area (Å²) < 4.78 is 13.4. The van der Waals surface area contributed by atoms with Crippen molar-refractivity contribution in [2.75, 3.05) is 0 Å². The van der Waals surface area contributed by atoms with Gasteiger partial charge in [-0.05, 0) is 53.5 Å². The third-order valence-corrected chi connectivity index (χ3v) is 7.18. The summed E-state index contributed by atoms with van der Waals surface area (Å²) >= 11 is 0. The fourth-order valence-corrected chi connectivity index (χ4v) is 5.35. The third-order valence-electron chi connectivity index (χ3n) is 7.18. The molecular formula is C32H24N4O3. The molecule has 4 aromatic carbocycles. The molecular weight excluding hydrogens is 488 g/mol. The number of aromatic amines is 1. The van der Waals surface area contributed by atoms with Crippen LogP contribution in [0.1, 0.15) is 35.0 Å². The first-order valence-corrected chi connectivity index (χ1v) is 12.8. The second kappa shape index (κ2) is 9.29. The summed E-state index contributed by atoms with van der Waals surface area (Å²) in [5.74, 6) is 1.53. The normalized spacial score (nSPS) is 13.9. The number of rotatable bonds is 4. The molecule has 0 bridgehead atoms. The number of imidazole rings is 1. The molecule has 0 aliphatic carbocycles. The van der Waals surface area contributed by atoms with Gasteiger partial charge in [-0.3, -0.25) is 9.51 Å². The van der Waals surface area contributed by atoms with E-state index in [9.17, 15) is 4.79 Å². The molecule has 6 aromatic rings. The van der Waals surface area contributed by atoms with E-state index in [1.54, 1.807) is 0 Å². The molecule has 1 N–H and O–H groups in total. The summed E-state index contributed by atoms with van der Waals surface area (Å²) in [6.45, 7) is 3.01. The van der Waals surface area contributed by atoms with Crippen molar-refractivity contribution in [2.45, 2.75) is 20.1 Å². The van der Waals surface area contributed by atoms with Crippen molar-refractivity contribution in [3.63, 3.8) is 0 Å². The van der Waals surface area contributed by atoms with E-state index in [1.807, 2.05) is 61.5 Å². The Labute approximate surface area is 224 Å². The van der Waals surface area contributed by atoms with Gasteiger partial charge >= 0.3 is 5.76 Å². The largest absolute Gasteiger partial charge is 0.488 e. The fraction of sp³-hybridized carbons (Fsp3) is 0.0938. The van der Waals surface area contributed by atoms with Crippen molar-refractivity contribution in [1.82, 2.24) is 19.7 Å². The minimum Gasteiger partial charge on any atom is -0.488 e. The SMILES string of the molecule is C/C(=C1/c2ccc(Cn3c(-c4ccccc4)nc4ccccc43)cc2COc2ccccc21)c1noc(=O)[nH]1. The Kier molecular flexibility index (Phi) is 5.48. The molecule has 7 heteroatoms. The zero-order valence-corrected chi connectivity index (χ0v) is 21.2. The number of aromatic nitrogens is 4. The number of hydrogen-bond acceptors (Lipinski definition) is 5. The van der Waals surface area contributed by atoms with Crippen LogP contribution >= 0.6 is 0 Å². The molecule has 0 unspecified atom stereocenters. The molecule has 2 aromatic heterocycles. The van der Waals surface area contributed by atoms with Crippen LogP contribution in [-0.4, -0.2) is 19.7 Å². The highest BCUT2D eigenvalue weighted by Gasteiger charge is 2.23. The first-order valence-electron chi connectivity index (χ1n) is 12.8. The summed E-state index contributed by atoms with van der Waals surface area (Å²) in [5.41, 5.74) is 9.04. The van der Waals surface area contributed by atoms with Crippen LogP contribution in [-0.2, 0) is 13.2 Å². The lowest BCUT2D eigenvalue weighted by Crippen LogP contribution is -2.05. The summed E-state index contributed by atoms with van der Waals surface area (Å²) in [5, 5.41) is 3.95. The van der Waals surface area contributed by atoms with Gasteiger partial charge in [-0.15, -0.1) is 0 Å². The Morgan fingerprint density at radius 2 is 1.72 bits per heavy atom. The minimum atomic E-state index is -0.583. The van der Waals surface area contributed by atoms with E-state index < -0.39 is 5.76 Å². The number of fused-ring (bicyclic) bond motifs is 3. The lowest BCUT2D eigenvalue weighted by atomic mass is 9.89. The van der Waals surface area contributed by atoms with Gasteiger partial charge in [0, 0.05) is 23.2 Å². The lowest BCUT2D eigenvalue weighted by molar-refractivity contribution is 0.307. The number of hydrogen-bond donors (Lipinski definition) is 1. The fourth-order valence-electron chi connectivity index (χ4n) is 5.35. The molecule has 0 spiro atoms. The molecule has 0 saturated carbocycles. The number of ether oxygens (including phenoxy) is 1. The predicted octanol–water partition coefficient (Wildman–Crippen LogP) is 6.30. The van der Waals surface area contributed by atoms with Gasteiger partial charge in [0.2, 0.25) is 0 Å². The van der Waals surface area contributed by atoms with Crippen LogP contribution in [0, 0.1) is 0 Å². The molecule has 0 saturated heterocycles.